The number of aromatic nitrogens is 4. The van der Waals surface area contributed by atoms with Gasteiger partial charge in [0.05, 0.1) is 22.1 Å². The van der Waals surface area contributed by atoms with Crippen LogP contribution in [0, 0.1) is 0 Å². The van der Waals surface area contributed by atoms with Crippen molar-refractivity contribution < 1.29 is 4.42 Å². The molecule has 0 unspecified atom stereocenters. The van der Waals surface area contributed by atoms with Crippen molar-refractivity contribution in [1.29, 1.82) is 0 Å². The molecule has 6 aromatic carbocycles. The minimum absolute atomic E-state index is 0.328. The fourth-order valence-corrected chi connectivity index (χ4v) is 7.46. The van der Waals surface area contributed by atoms with E-state index < -0.39 is 0 Å². The Labute approximate surface area is 270 Å². The van der Waals surface area contributed by atoms with Gasteiger partial charge < -0.3 is 8.98 Å². The lowest BCUT2D eigenvalue weighted by Gasteiger charge is -2.30. The summed E-state index contributed by atoms with van der Waals surface area (Å²) < 4.78 is 9.30. The summed E-state index contributed by atoms with van der Waals surface area (Å²) in [5.74, 6) is 2.94. The molecule has 0 fully saturated rings. The summed E-state index contributed by atoms with van der Waals surface area (Å²) >= 11 is 0. The monoisotopic (exact) mass is 604 g/mol. The maximum absolute atomic E-state index is 6.88. The first kappa shape index (κ1) is 26.2. The predicted molar refractivity (Wildman–Crippen MR) is 190 cm³/mol. The minimum Gasteiger partial charge on any atom is -0.457 e. The van der Waals surface area contributed by atoms with Crippen LogP contribution in [0.2, 0.25) is 0 Å². The topological polar surface area (TPSA) is 56.7 Å². The largest absolute Gasteiger partial charge is 0.457 e. The molecule has 0 saturated carbocycles. The number of hydrogen-bond donors (Lipinski definition) is 0. The number of para-hydroxylation sites is 1. The molecule has 5 heteroatoms. The molecule has 0 atom stereocenters. The van der Waals surface area contributed by atoms with Crippen LogP contribution in [-0.2, 0) is 5.41 Å². The second kappa shape index (κ2) is 9.47. The Morgan fingerprint density at radius 1 is 0.532 bits per heavy atom. The smallest absolute Gasteiger partial charge is 0.164 e. The van der Waals surface area contributed by atoms with Crippen LogP contribution in [0.3, 0.4) is 0 Å². The first-order chi connectivity index (χ1) is 23.1. The molecule has 0 amide bonds. The zero-order valence-corrected chi connectivity index (χ0v) is 25.9. The van der Waals surface area contributed by atoms with E-state index in [-0.39, 0.29) is 5.41 Å². The molecule has 222 valence electrons. The normalized spacial score (nSPS) is 13.5. The summed E-state index contributed by atoms with van der Waals surface area (Å²) in [4.78, 5) is 14.9. The van der Waals surface area contributed by atoms with Crippen molar-refractivity contribution in [3.05, 3.63) is 145 Å². The van der Waals surface area contributed by atoms with Crippen molar-refractivity contribution in [2.24, 2.45) is 0 Å². The summed E-state index contributed by atoms with van der Waals surface area (Å²) in [6, 6.07) is 46.4. The van der Waals surface area contributed by atoms with Gasteiger partial charge >= 0.3 is 0 Å². The van der Waals surface area contributed by atoms with E-state index in [1.54, 1.807) is 0 Å². The Hall–Kier alpha value is -6.07. The summed E-state index contributed by atoms with van der Waals surface area (Å²) in [5, 5.41) is 5.79. The van der Waals surface area contributed by atoms with E-state index in [1.165, 1.54) is 21.9 Å². The van der Waals surface area contributed by atoms with Crippen LogP contribution in [-0.4, -0.2) is 19.5 Å². The zero-order valence-electron chi connectivity index (χ0n) is 25.9. The highest BCUT2D eigenvalue weighted by molar-refractivity contribution is 6.15. The van der Waals surface area contributed by atoms with Gasteiger partial charge in [0, 0.05) is 38.2 Å². The van der Waals surface area contributed by atoms with E-state index in [4.69, 9.17) is 19.4 Å². The Morgan fingerprint density at radius 3 is 1.89 bits per heavy atom. The van der Waals surface area contributed by atoms with Crippen molar-refractivity contribution in [2.45, 2.75) is 19.3 Å². The van der Waals surface area contributed by atoms with Gasteiger partial charge in [-0.15, -0.1) is 0 Å². The highest BCUT2D eigenvalue weighted by Gasteiger charge is 2.40. The lowest BCUT2D eigenvalue weighted by molar-refractivity contribution is 0.449. The average Bonchev–Trinajstić information content (AvgIpc) is 3.68. The number of benzene rings is 6. The average molecular weight is 605 g/mol. The number of nitrogens with zero attached hydrogens (tertiary/aromatic N) is 4. The van der Waals surface area contributed by atoms with E-state index in [2.05, 4.69) is 91.2 Å². The van der Waals surface area contributed by atoms with E-state index in [1.807, 2.05) is 60.7 Å². The van der Waals surface area contributed by atoms with Crippen LogP contribution in [0.1, 0.15) is 25.2 Å². The van der Waals surface area contributed by atoms with Gasteiger partial charge in [0.25, 0.3) is 0 Å². The van der Waals surface area contributed by atoms with Gasteiger partial charge in [-0.25, -0.2) is 15.0 Å². The molecule has 0 radical (unpaired) electrons. The summed E-state index contributed by atoms with van der Waals surface area (Å²) in [6.07, 6.45) is 0. The first-order valence-electron chi connectivity index (χ1n) is 16.0. The van der Waals surface area contributed by atoms with Gasteiger partial charge in [-0.2, -0.15) is 0 Å². The quantitative estimate of drug-likeness (QED) is 0.201. The Morgan fingerprint density at radius 2 is 1.17 bits per heavy atom. The van der Waals surface area contributed by atoms with Crippen LogP contribution in [0.5, 0.6) is 0 Å². The van der Waals surface area contributed by atoms with Gasteiger partial charge in [0.2, 0.25) is 0 Å². The van der Waals surface area contributed by atoms with Crippen LogP contribution >= 0.6 is 0 Å². The molecule has 4 heterocycles. The van der Waals surface area contributed by atoms with Gasteiger partial charge in [0.15, 0.2) is 17.5 Å². The van der Waals surface area contributed by atoms with Crippen LogP contribution in [0.4, 0.5) is 0 Å². The van der Waals surface area contributed by atoms with Crippen molar-refractivity contribution in [2.75, 3.05) is 0 Å². The molecule has 0 bridgehead atoms. The molecular formula is C42H28N4O. The first-order valence-corrected chi connectivity index (χ1v) is 16.0. The molecule has 0 aliphatic carbocycles. The Bertz CT molecular complexity index is 2640. The lowest BCUT2D eigenvalue weighted by Crippen LogP contribution is -2.25. The molecule has 47 heavy (non-hydrogen) atoms. The van der Waals surface area contributed by atoms with Crippen LogP contribution in [0.25, 0.3) is 83.4 Å². The van der Waals surface area contributed by atoms with Crippen LogP contribution < -0.4 is 0 Å². The van der Waals surface area contributed by atoms with Gasteiger partial charge in [-0.3, -0.25) is 0 Å². The Kier molecular flexibility index (Phi) is 5.28. The molecule has 0 N–H and O–H groups in total. The lowest BCUT2D eigenvalue weighted by atomic mass is 9.78. The fourth-order valence-electron chi connectivity index (χ4n) is 7.46. The molecule has 9 aromatic rings. The maximum Gasteiger partial charge on any atom is 0.164 e. The van der Waals surface area contributed by atoms with E-state index in [0.29, 0.717) is 17.5 Å². The second-order valence-electron chi connectivity index (χ2n) is 12.9. The van der Waals surface area contributed by atoms with Crippen molar-refractivity contribution in [3.63, 3.8) is 0 Å². The molecule has 1 aliphatic heterocycles. The number of rotatable bonds is 3. The third-order valence-electron chi connectivity index (χ3n) is 9.76. The summed E-state index contributed by atoms with van der Waals surface area (Å²) in [5.41, 5.74) is 8.19. The second-order valence-corrected chi connectivity index (χ2v) is 12.9. The highest BCUT2D eigenvalue weighted by atomic mass is 16.3. The maximum atomic E-state index is 6.88. The zero-order chi connectivity index (χ0) is 31.3. The van der Waals surface area contributed by atoms with Gasteiger partial charge in [-0.1, -0.05) is 109 Å². The van der Waals surface area contributed by atoms with Gasteiger partial charge in [-0.05, 0) is 49.1 Å². The number of hydrogen-bond acceptors (Lipinski definition) is 4. The highest BCUT2D eigenvalue weighted by Crippen LogP contribution is 2.51. The standard InChI is InChI=1S/C42H28N4O/c1-42(2)33-19-11-18-30-32-24-28(41-44-39(26-13-5-3-6-14-26)43-40(45-41)27-15-7-4-8-16-27)21-23-34(32)46(35(30)33)36-31-22-20-25-12-9-10-17-29(25)37(31)47-38(36)42/h3-24H,1-2H3. The Balaban J connectivity index is 1.25. The van der Waals surface area contributed by atoms with E-state index in [0.717, 1.165) is 55.4 Å². The molecule has 1 aliphatic rings. The van der Waals surface area contributed by atoms with Gasteiger partial charge in [0.1, 0.15) is 11.3 Å². The number of fused-ring (bicyclic) bond motifs is 9. The third-order valence-corrected chi connectivity index (χ3v) is 9.76. The fraction of sp³-hybridized carbons (Fsp3) is 0.0714. The molecule has 0 spiro atoms. The van der Waals surface area contributed by atoms with Crippen molar-refractivity contribution in [3.8, 4) is 39.9 Å². The van der Waals surface area contributed by atoms with Crippen LogP contribution in [0.15, 0.2) is 138 Å². The third kappa shape index (κ3) is 3.68. The SMILES string of the molecule is CC1(C)c2oc3c(ccc4ccccc43)c2-n2c3ccc(-c4nc(-c5ccccc5)nc(-c5ccccc5)n4)cc3c3cccc1c32. The minimum atomic E-state index is -0.328. The van der Waals surface area contributed by atoms with Crippen molar-refractivity contribution >= 4 is 43.5 Å². The molecular weight excluding hydrogens is 576 g/mol. The molecule has 3 aromatic heterocycles. The molecule has 10 rings (SSSR count). The van der Waals surface area contributed by atoms with E-state index >= 15 is 0 Å². The van der Waals surface area contributed by atoms with Crippen molar-refractivity contribution in [1.82, 2.24) is 19.5 Å². The van der Waals surface area contributed by atoms with E-state index in [9.17, 15) is 0 Å². The summed E-state index contributed by atoms with van der Waals surface area (Å²) in [7, 11) is 0. The molecule has 5 nitrogen and oxygen atoms in total. The molecule has 0 saturated heterocycles. The predicted octanol–water partition coefficient (Wildman–Crippen LogP) is 10.5. The number of furan rings is 1. The summed E-state index contributed by atoms with van der Waals surface area (Å²) in [6.45, 7) is 4.55.